The van der Waals surface area contributed by atoms with Crippen molar-refractivity contribution in [2.24, 2.45) is 11.8 Å². The van der Waals surface area contributed by atoms with E-state index in [1.54, 1.807) is 6.07 Å². The van der Waals surface area contributed by atoms with Crippen LogP contribution in [-0.4, -0.2) is 35.0 Å². The zero-order valence-electron chi connectivity index (χ0n) is 11.0. The van der Waals surface area contributed by atoms with Crippen LogP contribution in [0.5, 0.6) is 0 Å². The number of rotatable bonds is 2. The van der Waals surface area contributed by atoms with E-state index in [0.717, 1.165) is 13.1 Å². The van der Waals surface area contributed by atoms with E-state index in [-0.39, 0.29) is 11.5 Å². The lowest BCUT2D eigenvalue weighted by Crippen LogP contribution is -2.29. The molecule has 2 unspecified atom stereocenters. The van der Waals surface area contributed by atoms with Gasteiger partial charge >= 0.3 is 5.97 Å². The zero-order chi connectivity index (χ0) is 14.3. The first-order valence-corrected chi connectivity index (χ1v) is 7.67. The molecule has 1 aromatic carbocycles. The van der Waals surface area contributed by atoms with E-state index in [1.165, 1.54) is 31.4 Å². The molecule has 1 amide bonds. The van der Waals surface area contributed by atoms with Crippen molar-refractivity contribution in [2.45, 2.75) is 19.3 Å². The molecule has 1 saturated heterocycles. The highest BCUT2D eigenvalue weighted by molar-refractivity contribution is 9.10. The van der Waals surface area contributed by atoms with E-state index in [9.17, 15) is 9.59 Å². The van der Waals surface area contributed by atoms with Crippen LogP contribution in [0.15, 0.2) is 22.7 Å². The van der Waals surface area contributed by atoms with Gasteiger partial charge in [0.25, 0.3) is 5.91 Å². The number of aromatic carboxylic acids is 1. The normalized spacial score (nSPS) is 24.8. The Balaban J connectivity index is 1.82. The standard InChI is InChI=1S/C15H16BrNO3/c16-13-5-11(4-12(6-13)15(19)20)14(18)17-7-9-2-1-3-10(9)8-17/h4-6,9-10H,1-3,7-8H2,(H,19,20). The Morgan fingerprint density at radius 2 is 1.70 bits per heavy atom. The maximum absolute atomic E-state index is 12.5. The number of carbonyl (C=O) groups excluding carboxylic acids is 1. The molecule has 1 aliphatic heterocycles. The van der Waals surface area contributed by atoms with Gasteiger partial charge in [-0.25, -0.2) is 4.79 Å². The number of hydrogen-bond acceptors (Lipinski definition) is 2. The molecule has 3 rings (SSSR count). The summed E-state index contributed by atoms with van der Waals surface area (Å²) >= 11 is 3.27. The molecule has 106 valence electrons. The molecule has 0 spiro atoms. The lowest BCUT2D eigenvalue weighted by atomic mass is 10.0. The molecule has 1 saturated carbocycles. The predicted molar refractivity (Wildman–Crippen MR) is 77.8 cm³/mol. The van der Waals surface area contributed by atoms with Gasteiger partial charge in [0, 0.05) is 23.1 Å². The van der Waals surface area contributed by atoms with Crippen molar-refractivity contribution in [3.05, 3.63) is 33.8 Å². The monoisotopic (exact) mass is 337 g/mol. The third kappa shape index (κ3) is 2.46. The minimum absolute atomic E-state index is 0.0526. The quantitative estimate of drug-likeness (QED) is 0.902. The van der Waals surface area contributed by atoms with Crippen molar-refractivity contribution in [1.82, 2.24) is 4.90 Å². The molecular weight excluding hydrogens is 322 g/mol. The molecule has 1 N–H and O–H groups in total. The summed E-state index contributed by atoms with van der Waals surface area (Å²) in [4.78, 5) is 25.5. The molecule has 4 nitrogen and oxygen atoms in total. The van der Waals surface area contributed by atoms with Gasteiger partial charge in [-0.05, 0) is 42.9 Å². The van der Waals surface area contributed by atoms with Gasteiger partial charge in [0.2, 0.25) is 0 Å². The number of amides is 1. The minimum atomic E-state index is -1.02. The molecule has 0 bridgehead atoms. The number of carboxylic acids is 1. The topological polar surface area (TPSA) is 57.6 Å². The highest BCUT2D eigenvalue weighted by Crippen LogP contribution is 2.38. The van der Waals surface area contributed by atoms with Crippen molar-refractivity contribution in [3.8, 4) is 0 Å². The number of benzene rings is 1. The van der Waals surface area contributed by atoms with E-state index in [1.807, 2.05) is 4.90 Å². The van der Waals surface area contributed by atoms with E-state index in [4.69, 9.17) is 5.11 Å². The lowest BCUT2D eigenvalue weighted by molar-refractivity contribution is 0.0697. The zero-order valence-corrected chi connectivity index (χ0v) is 12.6. The molecular formula is C15H16BrNO3. The molecule has 2 atom stereocenters. The second-order valence-corrected chi connectivity index (χ2v) is 6.61. The van der Waals surface area contributed by atoms with Crippen LogP contribution in [0, 0.1) is 11.8 Å². The number of hydrogen-bond donors (Lipinski definition) is 1. The number of carbonyl (C=O) groups is 2. The summed E-state index contributed by atoms with van der Waals surface area (Å²) < 4.78 is 0.625. The van der Waals surface area contributed by atoms with Crippen molar-refractivity contribution >= 4 is 27.8 Å². The molecule has 2 aliphatic rings. The van der Waals surface area contributed by atoms with Gasteiger partial charge in [0.05, 0.1) is 5.56 Å². The highest BCUT2D eigenvalue weighted by atomic mass is 79.9. The fourth-order valence-corrected chi connectivity index (χ4v) is 3.91. The molecule has 20 heavy (non-hydrogen) atoms. The van der Waals surface area contributed by atoms with Gasteiger partial charge in [0.15, 0.2) is 0 Å². The summed E-state index contributed by atoms with van der Waals surface area (Å²) in [5, 5.41) is 9.07. The van der Waals surface area contributed by atoms with Crippen LogP contribution in [0.3, 0.4) is 0 Å². The first-order chi connectivity index (χ1) is 9.54. The van der Waals surface area contributed by atoms with Crippen LogP contribution in [0.25, 0.3) is 0 Å². The number of fused-ring (bicyclic) bond motifs is 1. The largest absolute Gasteiger partial charge is 0.478 e. The second-order valence-electron chi connectivity index (χ2n) is 5.69. The number of likely N-dealkylation sites (tertiary alicyclic amines) is 1. The summed E-state index contributed by atoms with van der Waals surface area (Å²) in [6, 6.07) is 4.67. The molecule has 0 aromatic heterocycles. The van der Waals surface area contributed by atoms with E-state index < -0.39 is 5.97 Å². The van der Waals surface area contributed by atoms with Gasteiger partial charge in [-0.3, -0.25) is 4.79 Å². The van der Waals surface area contributed by atoms with Crippen molar-refractivity contribution < 1.29 is 14.7 Å². The van der Waals surface area contributed by atoms with Gasteiger partial charge in [-0.1, -0.05) is 22.4 Å². The van der Waals surface area contributed by atoms with Crippen molar-refractivity contribution in [3.63, 3.8) is 0 Å². The van der Waals surface area contributed by atoms with Crippen LogP contribution >= 0.6 is 15.9 Å². The van der Waals surface area contributed by atoms with E-state index >= 15 is 0 Å². The van der Waals surface area contributed by atoms with Gasteiger partial charge < -0.3 is 10.0 Å². The highest BCUT2D eigenvalue weighted by Gasteiger charge is 2.38. The third-order valence-corrected chi connectivity index (χ3v) is 4.86. The Bertz CT molecular complexity index is 560. The molecule has 1 aromatic rings. The lowest BCUT2D eigenvalue weighted by Gasteiger charge is -2.17. The van der Waals surface area contributed by atoms with E-state index in [0.29, 0.717) is 21.9 Å². The van der Waals surface area contributed by atoms with Crippen molar-refractivity contribution in [2.75, 3.05) is 13.1 Å². The molecule has 0 radical (unpaired) electrons. The maximum Gasteiger partial charge on any atom is 0.335 e. The van der Waals surface area contributed by atoms with Crippen LogP contribution < -0.4 is 0 Å². The second kappa shape index (κ2) is 5.20. The Kier molecular flexibility index (Phi) is 3.54. The first kappa shape index (κ1) is 13.6. The summed E-state index contributed by atoms with van der Waals surface area (Å²) in [5.41, 5.74) is 0.596. The van der Waals surface area contributed by atoms with Crippen LogP contribution in [0.4, 0.5) is 0 Å². The number of halogens is 1. The SMILES string of the molecule is O=C(O)c1cc(Br)cc(C(=O)N2CC3CCCC3C2)c1. The molecule has 1 heterocycles. The van der Waals surface area contributed by atoms with Gasteiger partial charge in [0.1, 0.15) is 0 Å². The number of carboxylic acid groups (broad SMARTS) is 1. The van der Waals surface area contributed by atoms with Gasteiger partial charge in [-0.15, -0.1) is 0 Å². The summed E-state index contributed by atoms with van der Waals surface area (Å²) in [5.74, 6) is 0.219. The maximum atomic E-state index is 12.5. The van der Waals surface area contributed by atoms with Crippen molar-refractivity contribution in [1.29, 1.82) is 0 Å². The average Bonchev–Trinajstić information content (AvgIpc) is 2.97. The Hall–Kier alpha value is -1.36. The first-order valence-electron chi connectivity index (χ1n) is 6.88. The fraction of sp³-hybridized carbons (Fsp3) is 0.467. The predicted octanol–water partition coefficient (Wildman–Crippen LogP) is 3.02. The molecule has 1 aliphatic carbocycles. The minimum Gasteiger partial charge on any atom is -0.478 e. The van der Waals surface area contributed by atoms with Crippen LogP contribution in [0.1, 0.15) is 40.0 Å². The Labute approximate surface area is 125 Å². The van der Waals surface area contributed by atoms with E-state index in [2.05, 4.69) is 15.9 Å². The molecule has 5 heteroatoms. The smallest absolute Gasteiger partial charge is 0.335 e. The Morgan fingerprint density at radius 1 is 1.10 bits per heavy atom. The molecule has 2 fully saturated rings. The Morgan fingerprint density at radius 3 is 2.30 bits per heavy atom. The summed E-state index contributed by atoms with van der Waals surface area (Å²) in [6.45, 7) is 1.64. The summed E-state index contributed by atoms with van der Waals surface area (Å²) in [6.07, 6.45) is 3.71. The fourth-order valence-electron chi connectivity index (χ4n) is 3.42. The average molecular weight is 338 g/mol. The van der Waals surface area contributed by atoms with Crippen LogP contribution in [0.2, 0.25) is 0 Å². The van der Waals surface area contributed by atoms with Crippen LogP contribution in [-0.2, 0) is 0 Å². The third-order valence-electron chi connectivity index (χ3n) is 4.41. The summed E-state index contributed by atoms with van der Waals surface area (Å²) in [7, 11) is 0. The number of nitrogens with zero attached hydrogens (tertiary/aromatic N) is 1. The van der Waals surface area contributed by atoms with Gasteiger partial charge in [-0.2, -0.15) is 0 Å².